The Hall–Kier alpha value is -6.75. The topological polar surface area (TPSA) is 26.3 Å². The van der Waals surface area contributed by atoms with Crippen molar-refractivity contribution in [1.82, 2.24) is 0 Å². The number of hydrogen-bond donors (Lipinski definition) is 0. The van der Waals surface area contributed by atoms with Crippen LogP contribution in [0.3, 0.4) is 0 Å². The van der Waals surface area contributed by atoms with Crippen LogP contribution in [0.25, 0.3) is 0 Å². The van der Waals surface area contributed by atoms with Crippen LogP contribution >= 0.6 is 7.26 Å². The molecular formula is C54H39B2F30O2P. The van der Waals surface area contributed by atoms with Crippen LogP contribution < -0.4 is 32.8 Å². The third kappa shape index (κ3) is 12.0. The molecule has 0 radical (unpaired) electrons. The molecular weight excluding hydrogens is 1300 g/mol. The lowest BCUT2D eigenvalue weighted by Crippen LogP contribution is -2.75. The predicted octanol–water partition coefficient (Wildman–Crippen LogP) is 14.6. The van der Waals surface area contributed by atoms with Crippen LogP contribution in [0.5, 0.6) is 0 Å². The van der Waals surface area contributed by atoms with Gasteiger partial charge < -0.3 is 4.65 Å². The molecule has 35 heteroatoms. The molecule has 0 aliphatic rings. The fraction of sp³-hybridized carbons (Fsp3) is 0.315. The molecule has 0 aliphatic heterocycles. The minimum absolute atomic E-state index is 0.443. The van der Waals surface area contributed by atoms with Crippen molar-refractivity contribution >= 4 is 59.1 Å². The largest absolute Gasteiger partial charge is 0.676 e. The molecule has 0 amide bonds. The standard InChI is InChI=1S/C22H7BF15O2.C18BF15.C14H32P/c1-3(2)22(39)40-23(4-7(24)13(30)19(36)14(31)8(4)25,5-9(26)15(32)20(37)16(33)10(5)27)6-11(28)17(34)21(38)18(35)12(6)29;20-4-1(5(21)11(27)16(32)10(4)26)19(2-6(22)12(28)17(33)13(29)7(2)23)3-8(24)14(30)18(34)15(31)9(3)25;1-11-15(12(2,3)4,13(5,6)7)14(8,9)10/h3H,1-2H3;;11H2,1-10H3/q-1;;+1. The highest BCUT2D eigenvalue weighted by Gasteiger charge is 2.63. The lowest BCUT2D eigenvalue weighted by Gasteiger charge is -2.54. The summed E-state index contributed by atoms with van der Waals surface area (Å²) in [5, 5.41) is 1.33. The zero-order valence-corrected chi connectivity index (χ0v) is 47.9. The molecule has 0 saturated heterocycles. The molecule has 0 aliphatic carbocycles. The Morgan fingerprint density at radius 3 is 0.584 bits per heavy atom. The number of hydrogen-bond acceptors (Lipinski definition) is 2. The van der Waals surface area contributed by atoms with Gasteiger partial charge in [0.25, 0.3) is 19.0 Å². The van der Waals surface area contributed by atoms with E-state index in [1.165, 1.54) is 6.16 Å². The van der Waals surface area contributed by atoms with Crippen LogP contribution in [-0.4, -0.2) is 40.7 Å². The summed E-state index contributed by atoms with van der Waals surface area (Å²) in [5.41, 5.74) is -17.1. The second-order valence-corrected chi connectivity index (χ2v) is 28.6. The second kappa shape index (κ2) is 25.9. The zero-order valence-electron chi connectivity index (χ0n) is 47.0. The number of benzene rings is 6. The summed E-state index contributed by atoms with van der Waals surface area (Å²) >= 11 is 0. The van der Waals surface area contributed by atoms with Crippen molar-refractivity contribution in [3.8, 4) is 0 Å². The van der Waals surface area contributed by atoms with Gasteiger partial charge in [-0.1, -0.05) is 30.2 Å². The van der Waals surface area contributed by atoms with Crippen molar-refractivity contribution in [3.63, 3.8) is 0 Å². The van der Waals surface area contributed by atoms with Crippen LogP contribution in [0.2, 0.25) is 0 Å². The molecule has 488 valence electrons. The Labute approximate surface area is 484 Å². The van der Waals surface area contributed by atoms with Crippen molar-refractivity contribution in [2.45, 2.75) is 98.6 Å². The fourth-order valence-corrected chi connectivity index (χ4v) is 20.2. The van der Waals surface area contributed by atoms with Gasteiger partial charge in [-0.3, -0.25) is 4.79 Å². The quantitative estimate of drug-likeness (QED) is 0.0474. The van der Waals surface area contributed by atoms with E-state index in [4.69, 9.17) is 0 Å². The van der Waals surface area contributed by atoms with E-state index in [1.807, 2.05) is 0 Å². The Balaban J connectivity index is 0.000000313. The van der Waals surface area contributed by atoms with Crippen LogP contribution in [0, 0.1) is 180 Å². The number of carbonyl (C=O) groups excluding carboxylic acids is 1. The molecule has 0 unspecified atom stereocenters. The van der Waals surface area contributed by atoms with Gasteiger partial charge in [-0.2, -0.15) is 0 Å². The molecule has 0 spiro atoms. The average Bonchev–Trinajstić information content (AvgIpc) is 0.716. The van der Waals surface area contributed by atoms with Gasteiger partial charge >= 0.3 is 0 Å². The number of rotatable bonds is 9. The van der Waals surface area contributed by atoms with Crippen molar-refractivity contribution in [2.75, 3.05) is 6.16 Å². The highest BCUT2D eigenvalue weighted by atomic mass is 31.2. The molecule has 0 N–H and O–H groups in total. The number of halogens is 30. The molecule has 0 aromatic heterocycles. The normalized spacial score (nSPS) is 12.3. The maximum Gasteiger partial charge on any atom is 0.268 e. The Morgan fingerprint density at radius 2 is 0.461 bits per heavy atom. The SMILES string of the molecule is CC(C)C(=O)O[B-](c1c(F)c(F)c(F)c(F)c1F)(c1c(F)c(F)c(F)c(F)c1F)c1c(F)c(F)c(F)c(F)c1F.CC[P+](C(C)(C)C)(C(C)(C)C)C(C)(C)C.Fc1c(F)c(F)c(B(c2c(F)c(F)c(F)c(F)c2F)c2c(F)c(F)c(F)c(F)c2F)c(F)c1F. The zero-order chi connectivity index (χ0) is 69.4. The first kappa shape index (κ1) is 74.7. The molecule has 6 aromatic carbocycles. The molecule has 2 nitrogen and oxygen atoms in total. The van der Waals surface area contributed by atoms with E-state index in [1.54, 1.807) is 0 Å². The van der Waals surface area contributed by atoms with Crippen molar-refractivity contribution < 1.29 is 141 Å². The summed E-state index contributed by atoms with van der Waals surface area (Å²) in [4.78, 5) is 12.5. The Kier molecular flexibility index (Phi) is 21.7. The predicted molar refractivity (Wildman–Crippen MR) is 264 cm³/mol. The van der Waals surface area contributed by atoms with Crippen LogP contribution in [-0.2, 0) is 9.45 Å². The van der Waals surface area contributed by atoms with Gasteiger partial charge in [-0.25, -0.2) is 132 Å². The summed E-state index contributed by atoms with van der Waals surface area (Å²) < 4.78 is 430. The summed E-state index contributed by atoms with van der Waals surface area (Å²) in [5.74, 6) is -97.1. The van der Waals surface area contributed by atoms with Crippen molar-refractivity contribution in [2.24, 2.45) is 5.92 Å². The Morgan fingerprint density at radius 1 is 0.315 bits per heavy atom. The fourth-order valence-electron chi connectivity index (χ4n) is 11.4. The Bertz CT molecular complexity index is 3310. The molecule has 0 saturated carbocycles. The number of carbonyl (C=O) groups is 1. The maximum atomic E-state index is 15.1. The van der Waals surface area contributed by atoms with Gasteiger partial charge in [0.15, 0.2) is 140 Å². The van der Waals surface area contributed by atoms with Gasteiger partial charge in [0.1, 0.15) is 34.9 Å². The average molecular weight is 1340 g/mol. The first-order valence-electron chi connectivity index (χ1n) is 24.7. The lowest BCUT2D eigenvalue weighted by molar-refractivity contribution is -0.138. The van der Waals surface area contributed by atoms with E-state index in [2.05, 4.69) is 73.9 Å². The molecule has 0 heterocycles. The van der Waals surface area contributed by atoms with E-state index in [0.717, 1.165) is 13.8 Å². The van der Waals surface area contributed by atoms with Gasteiger partial charge in [-0.05, 0) is 69.2 Å². The monoisotopic (exact) mass is 1340 g/mol. The first-order valence-corrected chi connectivity index (χ1v) is 26.7. The van der Waals surface area contributed by atoms with E-state index in [9.17, 15) is 110 Å². The van der Waals surface area contributed by atoms with E-state index in [-0.39, 0.29) is 0 Å². The summed E-state index contributed by atoms with van der Waals surface area (Å²) in [7, 11) is -1.03. The van der Waals surface area contributed by atoms with Gasteiger partial charge in [0.05, 0.1) is 21.6 Å². The highest BCUT2D eigenvalue weighted by molar-refractivity contribution is 7.80. The molecule has 6 aromatic rings. The van der Waals surface area contributed by atoms with Gasteiger partial charge in [0.2, 0.25) is 0 Å². The molecule has 6 rings (SSSR count). The van der Waals surface area contributed by atoms with Crippen molar-refractivity contribution in [1.29, 1.82) is 0 Å². The van der Waals surface area contributed by atoms with Gasteiger partial charge in [0, 0.05) is 29.6 Å². The molecule has 0 atom stereocenters. The maximum absolute atomic E-state index is 15.1. The van der Waals surface area contributed by atoms with Crippen LogP contribution in [0.15, 0.2) is 0 Å². The molecule has 0 fully saturated rings. The first-order chi connectivity index (χ1) is 40.3. The third-order valence-electron chi connectivity index (χ3n) is 14.2. The van der Waals surface area contributed by atoms with E-state index in [0.29, 0.717) is 15.5 Å². The third-order valence-corrected chi connectivity index (χ3v) is 22.0. The summed E-state index contributed by atoms with van der Waals surface area (Å²) in [6.45, 7) is 22.0. The minimum Gasteiger partial charge on any atom is -0.676 e. The van der Waals surface area contributed by atoms with Crippen LogP contribution in [0.1, 0.15) is 83.1 Å². The van der Waals surface area contributed by atoms with Crippen LogP contribution in [0.4, 0.5) is 132 Å². The smallest absolute Gasteiger partial charge is 0.268 e. The highest BCUT2D eigenvalue weighted by Crippen LogP contribution is 2.83. The lowest BCUT2D eigenvalue weighted by atomic mass is 9.27. The van der Waals surface area contributed by atoms with E-state index >= 15 is 26.3 Å². The van der Waals surface area contributed by atoms with E-state index < -0.39 is 240 Å². The minimum atomic E-state index is -6.34. The second-order valence-electron chi connectivity index (χ2n) is 22.4. The molecule has 0 bridgehead atoms. The summed E-state index contributed by atoms with van der Waals surface area (Å²) in [6.07, 6.45) is -4.99. The van der Waals surface area contributed by atoms with Crippen molar-refractivity contribution in [3.05, 3.63) is 175 Å². The van der Waals surface area contributed by atoms with Gasteiger partial charge in [-0.15, -0.1) is 0 Å². The summed E-state index contributed by atoms with van der Waals surface area (Å²) in [6, 6.07) is 0. The molecule has 89 heavy (non-hydrogen) atoms.